The first kappa shape index (κ1) is 15.9. The van der Waals surface area contributed by atoms with Crippen LogP contribution in [0.3, 0.4) is 0 Å². The number of hydrogen-bond donors (Lipinski definition) is 0. The van der Waals surface area contributed by atoms with Crippen LogP contribution in [0, 0.1) is 6.92 Å². The number of fused-ring (bicyclic) bond motifs is 3. The molecular formula is C21H19NO2S. The third kappa shape index (κ3) is 2.53. The Balaban J connectivity index is 1.83. The van der Waals surface area contributed by atoms with Crippen molar-refractivity contribution in [2.24, 2.45) is 0 Å². The van der Waals surface area contributed by atoms with Crippen molar-refractivity contribution in [3.05, 3.63) is 83.4 Å². The van der Waals surface area contributed by atoms with Gasteiger partial charge in [-0.1, -0.05) is 60.2 Å². The summed E-state index contributed by atoms with van der Waals surface area (Å²) in [6, 6.07) is 19.3. The summed E-state index contributed by atoms with van der Waals surface area (Å²) in [5.74, 6) is 0. The van der Waals surface area contributed by atoms with Crippen molar-refractivity contribution < 1.29 is 8.42 Å². The molecule has 126 valence electrons. The van der Waals surface area contributed by atoms with Crippen molar-refractivity contribution in [2.75, 3.05) is 7.05 Å². The first-order valence-electron chi connectivity index (χ1n) is 8.25. The summed E-state index contributed by atoms with van der Waals surface area (Å²) in [4.78, 5) is 0.315. The van der Waals surface area contributed by atoms with Gasteiger partial charge in [0.2, 0.25) is 0 Å². The van der Waals surface area contributed by atoms with E-state index in [2.05, 4.69) is 24.3 Å². The van der Waals surface area contributed by atoms with E-state index in [1.165, 1.54) is 9.87 Å². The molecule has 0 amide bonds. The van der Waals surface area contributed by atoms with Gasteiger partial charge in [-0.05, 0) is 41.8 Å². The largest absolute Gasteiger partial charge is 0.269 e. The van der Waals surface area contributed by atoms with Crippen molar-refractivity contribution in [1.29, 1.82) is 0 Å². The second-order valence-electron chi connectivity index (χ2n) is 6.40. The Bertz CT molecular complexity index is 1100. The number of benzene rings is 3. The molecule has 1 aliphatic carbocycles. The molecule has 0 aromatic heterocycles. The highest BCUT2D eigenvalue weighted by atomic mass is 32.2. The molecule has 4 heteroatoms. The average Bonchev–Trinajstić information content (AvgIpc) is 3.06. The first-order chi connectivity index (χ1) is 12.0. The van der Waals surface area contributed by atoms with Crippen LogP contribution in [0.1, 0.15) is 16.7 Å². The summed E-state index contributed by atoms with van der Waals surface area (Å²) in [6.07, 6.45) is 2.76. The maximum Gasteiger partial charge on any atom is 0.264 e. The Labute approximate surface area is 148 Å². The van der Waals surface area contributed by atoms with Crippen molar-refractivity contribution in [2.45, 2.75) is 18.2 Å². The number of sulfonamides is 1. The van der Waals surface area contributed by atoms with Gasteiger partial charge in [0.15, 0.2) is 0 Å². The fourth-order valence-corrected chi connectivity index (χ4v) is 4.60. The lowest BCUT2D eigenvalue weighted by Gasteiger charge is -2.22. The fraction of sp³-hybridized carbons (Fsp3) is 0.143. The molecule has 1 aliphatic rings. The van der Waals surface area contributed by atoms with E-state index >= 15 is 0 Å². The molecule has 4 rings (SSSR count). The SMILES string of the molecule is Cc1ccc(S(=O)(=O)N(C)C2=CCc3ccc4ccccc4c32)cc1. The van der Waals surface area contributed by atoms with E-state index in [9.17, 15) is 8.42 Å². The first-order valence-corrected chi connectivity index (χ1v) is 9.69. The van der Waals surface area contributed by atoms with E-state index < -0.39 is 10.0 Å². The summed E-state index contributed by atoms with van der Waals surface area (Å²) in [7, 11) is -1.95. The Morgan fingerprint density at radius 2 is 1.64 bits per heavy atom. The van der Waals surface area contributed by atoms with Gasteiger partial charge < -0.3 is 0 Å². The van der Waals surface area contributed by atoms with E-state index in [0.717, 1.165) is 34.0 Å². The van der Waals surface area contributed by atoms with Crippen molar-refractivity contribution in [3.8, 4) is 0 Å². The van der Waals surface area contributed by atoms with Gasteiger partial charge in [0, 0.05) is 12.6 Å². The highest BCUT2D eigenvalue weighted by Crippen LogP contribution is 2.37. The average molecular weight is 349 g/mol. The number of rotatable bonds is 3. The lowest BCUT2D eigenvalue weighted by Crippen LogP contribution is -2.25. The van der Waals surface area contributed by atoms with Crippen LogP contribution in [0.4, 0.5) is 0 Å². The smallest absolute Gasteiger partial charge is 0.264 e. The van der Waals surface area contributed by atoms with Crippen LogP contribution < -0.4 is 0 Å². The topological polar surface area (TPSA) is 37.4 Å². The minimum absolute atomic E-state index is 0.315. The van der Waals surface area contributed by atoms with Crippen LogP contribution in [0.2, 0.25) is 0 Å². The van der Waals surface area contributed by atoms with Crippen LogP contribution in [0.15, 0.2) is 71.6 Å². The van der Waals surface area contributed by atoms with Crippen LogP contribution in [-0.4, -0.2) is 19.8 Å². The predicted octanol–water partition coefficient (Wildman–Crippen LogP) is 4.37. The lowest BCUT2D eigenvalue weighted by molar-refractivity contribution is 0.546. The number of aryl methyl sites for hydroxylation is 1. The van der Waals surface area contributed by atoms with Crippen molar-refractivity contribution in [3.63, 3.8) is 0 Å². The zero-order chi connectivity index (χ0) is 17.6. The van der Waals surface area contributed by atoms with Crippen LogP contribution >= 0.6 is 0 Å². The molecule has 0 saturated heterocycles. The van der Waals surface area contributed by atoms with Gasteiger partial charge in [0.1, 0.15) is 0 Å². The minimum Gasteiger partial charge on any atom is -0.269 e. The van der Waals surface area contributed by atoms with Crippen molar-refractivity contribution >= 4 is 26.5 Å². The Morgan fingerprint density at radius 1 is 0.920 bits per heavy atom. The highest BCUT2D eigenvalue weighted by Gasteiger charge is 2.28. The molecule has 0 bridgehead atoms. The van der Waals surface area contributed by atoms with Gasteiger partial charge in [-0.25, -0.2) is 8.42 Å². The number of hydrogen-bond acceptors (Lipinski definition) is 2. The zero-order valence-electron chi connectivity index (χ0n) is 14.2. The Hall–Kier alpha value is -2.59. The second kappa shape index (κ2) is 5.74. The minimum atomic E-state index is -3.59. The number of nitrogens with zero attached hydrogens (tertiary/aromatic N) is 1. The van der Waals surface area contributed by atoms with Gasteiger partial charge >= 0.3 is 0 Å². The number of allylic oxidation sites excluding steroid dienone is 1. The molecule has 0 spiro atoms. The Morgan fingerprint density at radius 3 is 2.40 bits per heavy atom. The van der Waals surface area contributed by atoms with Crippen molar-refractivity contribution in [1.82, 2.24) is 4.31 Å². The van der Waals surface area contributed by atoms with Crippen LogP contribution in [0.5, 0.6) is 0 Å². The van der Waals surface area contributed by atoms with E-state index in [-0.39, 0.29) is 0 Å². The Kier molecular flexibility index (Phi) is 3.65. The predicted molar refractivity (Wildman–Crippen MR) is 102 cm³/mol. The fourth-order valence-electron chi connectivity index (χ4n) is 3.38. The molecule has 0 radical (unpaired) electrons. The van der Waals surface area contributed by atoms with E-state index in [4.69, 9.17) is 0 Å². The molecule has 0 N–H and O–H groups in total. The maximum atomic E-state index is 13.1. The third-order valence-electron chi connectivity index (χ3n) is 4.81. The quantitative estimate of drug-likeness (QED) is 0.704. The normalized spacial score (nSPS) is 13.6. The molecule has 3 aromatic carbocycles. The summed E-state index contributed by atoms with van der Waals surface area (Å²) in [6.45, 7) is 1.95. The molecule has 25 heavy (non-hydrogen) atoms. The summed E-state index contributed by atoms with van der Waals surface area (Å²) in [5, 5.41) is 2.21. The molecule has 3 nitrogen and oxygen atoms in total. The summed E-state index contributed by atoms with van der Waals surface area (Å²) in [5.41, 5.74) is 3.99. The van der Waals surface area contributed by atoms with Gasteiger partial charge in [0.05, 0.1) is 10.6 Å². The lowest BCUT2D eigenvalue weighted by atomic mass is 10.00. The summed E-state index contributed by atoms with van der Waals surface area (Å²) < 4.78 is 27.5. The second-order valence-corrected chi connectivity index (χ2v) is 8.37. The molecule has 0 unspecified atom stereocenters. The monoisotopic (exact) mass is 349 g/mol. The zero-order valence-corrected chi connectivity index (χ0v) is 15.0. The highest BCUT2D eigenvalue weighted by molar-refractivity contribution is 7.89. The van der Waals surface area contributed by atoms with E-state index in [1.807, 2.05) is 37.3 Å². The van der Waals surface area contributed by atoms with Gasteiger partial charge in [-0.15, -0.1) is 0 Å². The molecular weight excluding hydrogens is 330 g/mol. The standard InChI is InChI=1S/C21H19NO2S/c1-15-7-12-18(13-8-15)25(23,24)22(2)20-14-11-17-10-9-16-5-3-4-6-19(16)21(17)20/h3-10,12-14H,11H2,1-2H3. The summed E-state index contributed by atoms with van der Waals surface area (Å²) >= 11 is 0. The van der Waals surface area contributed by atoms with Crippen LogP contribution in [-0.2, 0) is 16.4 Å². The van der Waals surface area contributed by atoms with Gasteiger partial charge in [-0.2, -0.15) is 0 Å². The molecule has 0 atom stereocenters. The molecule has 3 aromatic rings. The molecule has 0 aliphatic heterocycles. The molecule has 0 saturated carbocycles. The van der Waals surface area contributed by atoms with E-state index in [1.54, 1.807) is 19.2 Å². The van der Waals surface area contributed by atoms with Gasteiger partial charge in [-0.3, -0.25) is 4.31 Å². The third-order valence-corrected chi connectivity index (χ3v) is 6.59. The molecule has 0 heterocycles. The maximum absolute atomic E-state index is 13.1. The van der Waals surface area contributed by atoms with Crippen LogP contribution in [0.25, 0.3) is 16.5 Å². The van der Waals surface area contributed by atoms with E-state index in [0.29, 0.717) is 4.90 Å². The molecule has 0 fully saturated rings. The van der Waals surface area contributed by atoms with Gasteiger partial charge in [0.25, 0.3) is 10.0 Å².